The summed E-state index contributed by atoms with van der Waals surface area (Å²) in [5.74, 6) is -0.0623. The molecule has 0 radical (unpaired) electrons. The second-order valence-corrected chi connectivity index (χ2v) is 9.99. The van der Waals surface area contributed by atoms with Gasteiger partial charge in [-0.25, -0.2) is 4.79 Å². The summed E-state index contributed by atoms with van der Waals surface area (Å²) in [7, 11) is 1.33. The fourth-order valence-electron chi connectivity index (χ4n) is 5.79. The first-order chi connectivity index (χ1) is 18.6. The number of aliphatic hydroxyl groups is 1. The van der Waals surface area contributed by atoms with Gasteiger partial charge in [0, 0.05) is 47.5 Å². The molecular weight excluding hydrogens is 474 g/mol. The highest BCUT2D eigenvalue weighted by atomic mass is 16.5. The van der Waals surface area contributed by atoms with Crippen molar-refractivity contribution in [3.63, 3.8) is 0 Å². The Labute approximate surface area is 223 Å². The summed E-state index contributed by atoms with van der Waals surface area (Å²) < 4.78 is 12.1. The molecule has 1 saturated heterocycles. The molecule has 1 N–H and O–H groups in total. The second kappa shape index (κ2) is 9.90. The monoisotopic (exact) mass is 505 g/mol. The minimum atomic E-state index is -0.893. The van der Waals surface area contributed by atoms with E-state index in [0.717, 1.165) is 36.2 Å². The smallest absolute Gasteiger partial charge is 0.342 e. The van der Waals surface area contributed by atoms with Gasteiger partial charge in [0.1, 0.15) is 17.1 Å². The van der Waals surface area contributed by atoms with Crippen molar-refractivity contribution in [2.24, 2.45) is 0 Å². The van der Waals surface area contributed by atoms with Crippen molar-refractivity contribution >= 4 is 11.7 Å². The van der Waals surface area contributed by atoms with Gasteiger partial charge in [0.25, 0.3) is 0 Å². The molecule has 0 amide bonds. The predicted octanol–water partition coefficient (Wildman–Crippen LogP) is 6.57. The number of benzene rings is 2. The molecule has 192 valence electrons. The lowest BCUT2D eigenvalue weighted by Gasteiger charge is -2.37. The lowest BCUT2D eigenvalue weighted by Crippen LogP contribution is -2.32. The number of rotatable bonds is 4. The maximum Gasteiger partial charge on any atom is 0.342 e. The van der Waals surface area contributed by atoms with Gasteiger partial charge < -0.3 is 19.5 Å². The number of ether oxygens (including phenoxy) is 2. The summed E-state index contributed by atoms with van der Waals surface area (Å²) in [6, 6.07) is 18.8. The van der Waals surface area contributed by atoms with Crippen molar-refractivity contribution in [3.8, 4) is 0 Å². The van der Waals surface area contributed by atoms with Gasteiger partial charge in [-0.3, -0.25) is 0 Å². The van der Waals surface area contributed by atoms with Crippen LogP contribution in [0.4, 0.5) is 5.69 Å². The van der Waals surface area contributed by atoms with E-state index in [9.17, 15) is 9.90 Å². The van der Waals surface area contributed by atoms with Gasteiger partial charge in [0.05, 0.1) is 7.11 Å². The number of anilines is 1. The van der Waals surface area contributed by atoms with Crippen LogP contribution in [0.2, 0.25) is 0 Å². The third kappa shape index (κ3) is 4.08. The standard InChI is InChI=1S/C33H31NO4/c1-37-32(36)30-28-18-19-33(24-11-5-3-6-12-24,25-14-16-26(17-15-25)34-20-8-9-21-34)38-29(28)22-23-10-4-2-7-13-27(23)31(30)35/h3-7,10-19,35H,2,8-9,20-22H2,1H3. The number of aliphatic hydroxyl groups excluding tert-OH is 1. The third-order valence-corrected chi connectivity index (χ3v) is 7.76. The van der Waals surface area contributed by atoms with E-state index in [1.54, 1.807) is 0 Å². The maximum absolute atomic E-state index is 13.0. The van der Waals surface area contributed by atoms with E-state index >= 15 is 0 Å². The fourth-order valence-corrected chi connectivity index (χ4v) is 5.79. The van der Waals surface area contributed by atoms with Crippen molar-refractivity contribution in [1.82, 2.24) is 0 Å². The van der Waals surface area contributed by atoms with Crippen LogP contribution in [0.3, 0.4) is 0 Å². The SMILES string of the molecule is COC(=O)C1=C(O)C2=C(C=CCC=C2)CC2=C1C=CC(c1ccccc1)(c1ccc(N3CCCC3)cc1)O2. The average Bonchev–Trinajstić information content (AvgIpc) is 3.36. The van der Waals surface area contributed by atoms with Crippen LogP contribution in [0.25, 0.3) is 0 Å². The fraction of sp³-hybridized carbons (Fsp3) is 0.242. The van der Waals surface area contributed by atoms with Gasteiger partial charge in [-0.2, -0.15) is 0 Å². The lowest BCUT2D eigenvalue weighted by molar-refractivity contribution is -0.136. The number of hydrogen-bond donors (Lipinski definition) is 1. The molecule has 2 heterocycles. The van der Waals surface area contributed by atoms with E-state index in [-0.39, 0.29) is 11.3 Å². The Balaban J connectivity index is 1.49. The Morgan fingerprint density at radius 2 is 1.63 bits per heavy atom. The molecule has 0 bridgehead atoms. The van der Waals surface area contributed by atoms with Gasteiger partial charge in [0.2, 0.25) is 0 Å². The molecule has 1 atom stereocenters. The molecule has 0 spiro atoms. The molecule has 1 unspecified atom stereocenters. The summed E-state index contributed by atoms with van der Waals surface area (Å²) in [5.41, 5.74) is 4.48. The lowest BCUT2D eigenvalue weighted by atomic mass is 9.82. The van der Waals surface area contributed by atoms with Crippen LogP contribution in [0.15, 0.2) is 125 Å². The summed E-state index contributed by atoms with van der Waals surface area (Å²) in [6.07, 6.45) is 15.4. The van der Waals surface area contributed by atoms with E-state index in [4.69, 9.17) is 9.47 Å². The zero-order chi connectivity index (χ0) is 26.1. The minimum Gasteiger partial charge on any atom is -0.506 e. The highest BCUT2D eigenvalue weighted by molar-refractivity contribution is 5.96. The average molecular weight is 506 g/mol. The van der Waals surface area contributed by atoms with E-state index in [2.05, 4.69) is 47.4 Å². The van der Waals surface area contributed by atoms with Crippen LogP contribution >= 0.6 is 0 Å². The van der Waals surface area contributed by atoms with Gasteiger partial charge in [-0.05, 0) is 49.1 Å². The first-order valence-electron chi connectivity index (χ1n) is 13.2. The molecule has 0 saturated carbocycles. The Bertz CT molecular complexity index is 1430. The number of esters is 1. The van der Waals surface area contributed by atoms with E-state index in [0.29, 0.717) is 23.3 Å². The normalized spacial score (nSPS) is 22.6. The summed E-state index contributed by atoms with van der Waals surface area (Å²) in [6.45, 7) is 2.17. The van der Waals surface area contributed by atoms with Crippen molar-refractivity contribution < 1.29 is 19.4 Å². The third-order valence-electron chi connectivity index (χ3n) is 7.76. The topological polar surface area (TPSA) is 59.0 Å². The minimum absolute atomic E-state index is 0.0879. The molecular formula is C33H31NO4. The first kappa shape index (κ1) is 24.1. The molecule has 2 aromatic rings. The Hall–Kier alpha value is -4.25. The number of hydrogen-bond acceptors (Lipinski definition) is 5. The highest BCUT2D eigenvalue weighted by Gasteiger charge is 2.41. The van der Waals surface area contributed by atoms with E-state index < -0.39 is 11.6 Å². The molecule has 6 rings (SSSR count). The van der Waals surface area contributed by atoms with Gasteiger partial charge in [-0.1, -0.05) is 66.8 Å². The Morgan fingerprint density at radius 1 is 0.921 bits per heavy atom. The van der Waals surface area contributed by atoms with Crippen molar-refractivity contribution in [2.45, 2.75) is 31.3 Å². The van der Waals surface area contributed by atoms with Crippen LogP contribution in [0.1, 0.15) is 36.8 Å². The number of carbonyl (C=O) groups is 1. The highest BCUT2D eigenvalue weighted by Crippen LogP contribution is 2.46. The molecule has 38 heavy (non-hydrogen) atoms. The molecule has 0 aromatic heterocycles. The van der Waals surface area contributed by atoms with E-state index in [1.807, 2.05) is 48.6 Å². The van der Waals surface area contributed by atoms with E-state index in [1.165, 1.54) is 25.6 Å². The molecule has 2 aromatic carbocycles. The predicted molar refractivity (Wildman–Crippen MR) is 149 cm³/mol. The summed E-state index contributed by atoms with van der Waals surface area (Å²) in [5, 5.41) is 11.3. The quantitative estimate of drug-likeness (QED) is 0.476. The van der Waals surface area contributed by atoms with Gasteiger partial charge >= 0.3 is 5.97 Å². The summed E-state index contributed by atoms with van der Waals surface area (Å²) >= 11 is 0. The molecule has 5 nitrogen and oxygen atoms in total. The van der Waals surface area contributed by atoms with Crippen molar-refractivity contribution in [1.29, 1.82) is 0 Å². The van der Waals surface area contributed by atoms with Crippen LogP contribution < -0.4 is 4.90 Å². The molecule has 1 fully saturated rings. The van der Waals surface area contributed by atoms with Gasteiger partial charge in [-0.15, -0.1) is 0 Å². The van der Waals surface area contributed by atoms with Crippen molar-refractivity contribution in [2.75, 3.05) is 25.1 Å². The maximum atomic E-state index is 13.0. The largest absolute Gasteiger partial charge is 0.506 e. The Morgan fingerprint density at radius 3 is 2.37 bits per heavy atom. The van der Waals surface area contributed by atoms with Crippen LogP contribution in [-0.4, -0.2) is 31.3 Å². The number of nitrogens with zero attached hydrogens (tertiary/aromatic N) is 1. The molecule has 5 heteroatoms. The zero-order valence-electron chi connectivity index (χ0n) is 21.5. The molecule has 2 aliphatic carbocycles. The van der Waals surface area contributed by atoms with Gasteiger partial charge in [0.15, 0.2) is 5.60 Å². The second-order valence-electron chi connectivity index (χ2n) is 9.99. The Kier molecular flexibility index (Phi) is 6.28. The van der Waals surface area contributed by atoms with Crippen LogP contribution in [-0.2, 0) is 19.9 Å². The number of allylic oxidation sites excluding steroid dienone is 6. The zero-order valence-corrected chi connectivity index (χ0v) is 21.5. The number of carbonyl (C=O) groups excluding carboxylic acids is 1. The van der Waals surface area contributed by atoms with Crippen LogP contribution in [0.5, 0.6) is 0 Å². The van der Waals surface area contributed by atoms with Crippen LogP contribution in [0, 0.1) is 0 Å². The molecule has 4 aliphatic rings. The first-order valence-corrected chi connectivity index (χ1v) is 13.2. The van der Waals surface area contributed by atoms with Crippen molar-refractivity contribution in [3.05, 3.63) is 136 Å². The molecule has 2 aliphatic heterocycles. The summed E-state index contributed by atoms with van der Waals surface area (Å²) in [4.78, 5) is 15.4. The number of methoxy groups -OCH3 is 1.